The lowest BCUT2D eigenvalue weighted by atomic mass is 9.73. The molecule has 3 saturated heterocycles. The van der Waals surface area contributed by atoms with Gasteiger partial charge < -0.3 is 0 Å². The molecule has 0 aliphatic carbocycles. The third kappa shape index (κ3) is 2.23. The summed E-state index contributed by atoms with van der Waals surface area (Å²) in [6.07, 6.45) is 4.32. The molecule has 3 fully saturated rings. The molecule has 2 nitrogen and oxygen atoms in total. The van der Waals surface area contributed by atoms with E-state index in [0.29, 0.717) is 5.92 Å². The van der Waals surface area contributed by atoms with E-state index in [1.807, 2.05) is 30.3 Å². The molecule has 22 heavy (non-hydrogen) atoms. The molecule has 1 aromatic heterocycles. The number of halogens is 1. The maximum Gasteiger partial charge on any atom is 0.141 e. The summed E-state index contributed by atoms with van der Waals surface area (Å²) in [6.45, 7) is 4.41. The first-order chi connectivity index (χ1) is 10.8. The molecule has 0 radical (unpaired) electrons. The zero-order chi connectivity index (χ0) is 15.1. The van der Waals surface area contributed by atoms with E-state index in [1.54, 1.807) is 6.20 Å². The fraction of sp³-hybridized carbons (Fsp3) is 0.526. The summed E-state index contributed by atoms with van der Waals surface area (Å²) >= 11 is 0. The molecule has 1 aromatic carbocycles. The number of rotatable bonds is 3. The van der Waals surface area contributed by atoms with Crippen molar-refractivity contribution in [3.8, 4) is 0 Å². The van der Waals surface area contributed by atoms with Crippen LogP contribution in [0.2, 0.25) is 0 Å². The topological polar surface area (TPSA) is 16.1 Å². The van der Waals surface area contributed by atoms with E-state index in [4.69, 9.17) is 0 Å². The fourth-order valence-corrected chi connectivity index (χ4v) is 4.51. The molecule has 3 aliphatic rings. The molecule has 5 rings (SSSR count). The van der Waals surface area contributed by atoms with Crippen molar-refractivity contribution in [2.45, 2.75) is 38.4 Å². The number of hydrogen-bond acceptors (Lipinski definition) is 2. The first-order valence-corrected chi connectivity index (χ1v) is 8.49. The Morgan fingerprint density at radius 1 is 1.32 bits per heavy atom. The zero-order valence-electron chi connectivity index (χ0n) is 13.1. The number of piperidine rings is 3. The SMILES string of the molecule is CC[C@H]1CN2CC[C@H]1C[C@H]2[C@H](F)c1ccnc2ccccc12. The molecule has 3 aliphatic heterocycles. The van der Waals surface area contributed by atoms with Gasteiger partial charge in [-0.05, 0) is 48.9 Å². The predicted molar refractivity (Wildman–Crippen MR) is 87.5 cm³/mol. The molecule has 0 saturated carbocycles. The average molecular weight is 298 g/mol. The molecule has 0 N–H and O–H groups in total. The van der Waals surface area contributed by atoms with Gasteiger partial charge in [-0.15, -0.1) is 0 Å². The molecular weight excluding hydrogens is 275 g/mol. The van der Waals surface area contributed by atoms with Crippen LogP contribution in [-0.2, 0) is 0 Å². The standard InChI is InChI=1S/C19H23FN2/c1-2-13-12-22-10-8-14(13)11-18(22)19(20)16-7-9-21-17-6-4-3-5-15(16)17/h3-7,9,13-14,18-19H,2,8,10-12H2,1H3/t13-,14-,18-,19+/m0/s1. The van der Waals surface area contributed by atoms with E-state index in [0.717, 1.165) is 41.9 Å². The largest absolute Gasteiger partial charge is 0.297 e. The van der Waals surface area contributed by atoms with E-state index in [1.165, 1.54) is 12.8 Å². The van der Waals surface area contributed by atoms with Gasteiger partial charge in [0.15, 0.2) is 0 Å². The highest BCUT2D eigenvalue weighted by Gasteiger charge is 2.43. The molecule has 3 heteroatoms. The van der Waals surface area contributed by atoms with Crippen LogP contribution in [0, 0.1) is 11.8 Å². The second-order valence-electron chi connectivity index (χ2n) is 6.83. The number of para-hydroxylation sites is 1. The molecular formula is C19H23FN2. The van der Waals surface area contributed by atoms with E-state index >= 15 is 4.39 Å². The van der Waals surface area contributed by atoms with Crippen molar-refractivity contribution in [2.75, 3.05) is 13.1 Å². The minimum Gasteiger partial charge on any atom is -0.297 e. The van der Waals surface area contributed by atoms with Crippen LogP contribution >= 0.6 is 0 Å². The summed E-state index contributed by atoms with van der Waals surface area (Å²) in [5, 5.41) is 0.965. The zero-order valence-corrected chi connectivity index (χ0v) is 13.1. The number of pyridine rings is 1. The molecule has 2 bridgehead atoms. The third-order valence-electron chi connectivity index (χ3n) is 5.78. The van der Waals surface area contributed by atoms with E-state index < -0.39 is 6.17 Å². The minimum atomic E-state index is -0.909. The Morgan fingerprint density at radius 2 is 2.18 bits per heavy atom. The Labute approximate surface area is 131 Å². The maximum absolute atomic E-state index is 15.4. The van der Waals surface area contributed by atoms with Gasteiger partial charge in [0.05, 0.1) is 5.52 Å². The second kappa shape index (κ2) is 5.62. The summed E-state index contributed by atoms with van der Waals surface area (Å²) < 4.78 is 15.4. The summed E-state index contributed by atoms with van der Waals surface area (Å²) in [7, 11) is 0. The highest BCUT2D eigenvalue weighted by Crippen LogP contribution is 2.43. The van der Waals surface area contributed by atoms with E-state index in [2.05, 4.69) is 16.8 Å². The third-order valence-corrected chi connectivity index (χ3v) is 5.78. The Hall–Kier alpha value is -1.48. The molecule has 1 unspecified atom stereocenters. The lowest BCUT2D eigenvalue weighted by molar-refractivity contribution is -0.0332. The Morgan fingerprint density at radius 3 is 2.95 bits per heavy atom. The maximum atomic E-state index is 15.4. The normalized spacial score (nSPS) is 32.3. The van der Waals surface area contributed by atoms with Gasteiger partial charge in [0.1, 0.15) is 6.17 Å². The highest BCUT2D eigenvalue weighted by atomic mass is 19.1. The van der Waals surface area contributed by atoms with Gasteiger partial charge in [0.2, 0.25) is 0 Å². The summed E-state index contributed by atoms with van der Waals surface area (Å²) in [4.78, 5) is 6.76. The van der Waals surface area contributed by atoms with E-state index in [9.17, 15) is 0 Å². The fourth-order valence-electron chi connectivity index (χ4n) is 4.51. The van der Waals surface area contributed by atoms with Crippen LogP contribution in [0.5, 0.6) is 0 Å². The van der Waals surface area contributed by atoms with Crippen molar-refractivity contribution >= 4 is 10.9 Å². The van der Waals surface area contributed by atoms with Crippen molar-refractivity contribution in [2.24, 2.45) is 11.8 Å². The van der Waals surface area contributed by atoms with Gasteiger partial charge >= 0.3 is 0 Å². The number of alkyl halides is 1. The van der Waals surface area contributed by atoms with Gasteiger partial charge in [-0.2, -0.15) is 0 Å². The van der Waals surface area contributed by atoms with Crippen LogP contribution in [0.3, 0.4) is 0 Å². The van der Waals surface area contributed by atoms with Crippen molar-refractivity contribution < 1.29 is 4.39 Å². The number of hydrogen-bond donors (Lipinski definition) is 0. The van der Waals surface area contributed by atoms with Crippen molar-refractivity contribution in [1.82, 2.24) is 9.88 Å². The Bertz CT molecular complexity index is 666. The molecule has 0 amide bonds. The summed E-state index contributed by atoms with van der Waals surface area (Å²) in [5.74, 6) is 1.48. The highest BCUT2D eigenvalue weighted by molar-refractivity contribution is 5.82. The van der Waals surface area contributed by atoms with Gasteiger partial charge in [-0.1, -0.05) is 31.5 Å². The molecule has 5 atom stereocenters. The van der Waals surface area contributed by atoms with Crippen LogP contribution in [0.1, 0.15) is 37.9 Å². The van der Waals surface area contributed by atoms with Crippen molar-refractivity contribution in [3.63, 3.8) is 0 Å². The Kier molecular flexibility index (Phi) is 3.61. The number of benzene rings is 1. The van der Waals surface area contributed by atoms with Gasteiger partial charge in [-0.3, -0.25) is 9.88 Å². The van der Waals surface area contributed by atoms with Gasteiger partial charge in [0, 0.05) is 24.2 Å². The summed E-state index contributed by atoms with van der Waals surface area (Å²) in [5.41, 5.74) is 1.71. The molecule has 0 spiro atoms. The van der Waals surface area contributed by atoms with Crippen molar-refractivity contribution in [1.29, 1.82) is 0 Å². The van der Waals surface area contributed by atoms with Crippen LogP contribution in [-0.4, -0.2) is 29.0 Å². The smallest absolute Gasteiger partial charge is 0.141 e. The lowest BCUT2D eigenvalue weighted by Crippen LogP contribution is -2.54. The first-order valence-electron chi connectivity index (χ1n) is 8.49. The average Bonchev–Trinajstić information content (AvgIpc) is 2.60. The van der Waals surface area contributed by atoms with Crippen LogP contribution < -0.4 is 0 Å². The van der Waals surface area contributed by atoms with Crippen LogP contribution in [0.15, 0.2) is 36.5 Å². The van der Waals surface area contributed by atoms with Crippen LogP contribution in [0.4, 0.5) is 4.39 Å². The molecule has 116 valence electrons. The lowest BCUT2D eigenvalue weighted by Gasteiger charge is -2.50. The summed E-state index contributed by atoms with van der Waals surface area (Å²) in [6, 6.07) is 9.81. The molecule has 4 heterocycles. The Balaban J connectivity index is 1.66. The van der Waals surface area contributed by atoms with Crippen LogP contribution in [0.25, 0.3) is 10.9 Å². The van der Waals surface area contributed by atoms with Crippen molar-refractivity contribution in [3.05, 3.63) is 42.1 Å². The number of aromatic nitrogens is 1. The van der Waals surface area contributed by atoms with Gasteiger partial charge in [-0.25, -0.2) is 4.39 Å². The number of nitrogens with zero attached hydrogens (tertiary/aromatic N) is 2. The van der Waals surface area contributed by atoms with E-state index in [-0.39, 0.29) is 6.04 Å². The quantitative estimate of drug-likeness (QED) is 0.836. The second-order valence-corrected chi connectivity index (χ2v) is 6.83. The molecule has 2 aromatic rings. The number of fused-ring (bicyclic) bond motifs is 4. The predicted octanol–water partition coefficient (Wildman–Crippen LogP) is 4.37. The monoisotopic (exact) mass is 298 g/mol. The minimum absolute atomic E-state index is 0.0485. The first kappa shape index (κ1) is 14.1. The van der Waals surface area contributed by atoms with Gasteiger partial charge in [0.25, 0.3) is 0 Å².